The number of thioether (sulfide) groups is 1. The number of hydrogen-bond acceptors (Lipinski definition) is 6. The monoisotopic (exact) mass is 502 g/mol. The number of rotatable bonds is 11. The second kappa shape index (κ2) is 12.0. The number of pyridine rings is 1. The van der Waals surface area contributed by atoms with E-state index in [-0.39, 0.29) is 18.2 Å². The molecule has 1 saturated heterocycles. The summed E-state index contributed by atoms with van der Waals surface area (Å²) in [5.74, 6) is 1.17. The maximum absolute atomic E-state index is 14.7. The van der Waals surface area contributed by atoms with E-state index in [1.54, 1.807) is 18.4 Å². The minimum atomic E-state index is -0.733. The molecule has 8 heteroatoms. The number of aliphatic carboxylic acids is 1. The third-order valence-corrected chi connectivity index (χ3v) is 8.81. The van der Waals surface area contributed by atoms with Gasteiger partial charge < -0.3 is 14.7 Å². The second-order valence-corrected chi connectivity index (χ2v) is 11.2. The molecule has 1 aliphatic rings. The van der Waals surface area contributed by atoms with Gasteiger partial charge in [0.15, 0.2) is 0 Å². The predicted molar refractivity (Wildman–Crippen MR) is 137 cm³/mol. The molecule has 4 rings (SSSR count). The van der Waals surface area contributed by atoms with Gasteiger partial charge in [0.2, 0.25) is 0 Å². The lowest BCUT2D eigenvalue weighted by Crippen LogP contribution is -2.42. The molecule has 0 radical (unpaired) electrons. The maximum atomic E-state index is 14.7. The molecule has 2 atom stereocenters. The smallest absolute Gasteiger partial charge is 0.303 e. The minimum absolute atomic E-state index is 0.136. The van der Waals surface area contributed by atoms with Gasteiger partial charge in [0.25, 0.3) is 0 Å². The van der Waals surface area contributed by atoms with Gasteiger partial charge in [-0.2, -0.15) is 0 Å². The quantitative estimate of drug-likeness (QED) is 0.326. The largest absolute Gasteiger partial charge is 0.497 e. The van der Waals surface area contributed by atoms with Crippen molar-refractivity contribution in [3.05, 3.63) is 53.3 Å². The number of fused-ring (bicyclic) bond motifs is 1. The molecule has 1 aromatic carbocycles. The summed E-state index contributed by atoms with van der Waals surface area (Å²) in [6.07, 6.45) is 4.82. The highest BCUT2D eigenvalue weighted by Gasteiger charge is 2.30. The Morgan fingerprint density at radius 3 is 3.00 bits per heavy atom. The van der Waals surface area contributed by atoms with Crippen LogP contribution in [0.2, 0.25) is 0 Å². The molecule has 1 N–H and O–H groups in total. The zero-order valence-electron chi connectivity index (χ0n) is 19.4. The molecule has 3 aromatic rings. The van der Waals surface area contributed by atoms with Gasteiger partial charge in [0.05, 0.1) is 23.0 Å². The summed E-state index contributed by atoms with van der Waals surface area (Å²) in [5, 5.41) is 12.4. The van der Waals surface area contributed by atoms with Gasteiger partial charge in [-0.05, 0) is 79.3 Å². The second-order valence-electron chi connectivity index (χ2n) is 8.85. The summed E-state index contributed by atoms with van der Waals surface area (Å²) in [6, 6.07) is 9.74. The number of carbonyl (C=O) groups is 1. The van der Waals surface area contributed by atoms with Crippen LogP contribution in [0.1, 0.15) is 31.2 Å². The van der Waals surface area contributed by atoms with Crippen molar-refractivity contribution in [2.75, 3.05) is 32.5 Å². The number of nitrogens with zero attached hydrogens (tertiary/aromatic N) is 2. The number of thiophene rings is 1. The third-order valence-electron chi connectivity index (χ3n) is 6.70. The van der Waals surface area contributed by atoms with Crippen molar-refractivity contribution in [1.29, 1.82) is 0 Å². The number of methoxy groups -OCH3 is 1. The summed E-state index contributed by atoms with van der Waals surface area (Å²) in [5.41, 5.74) is 1.43. The van der Waals surface area contributed by atoms with Crippen molar-refractivity contribution >= 4 is 40.0 Å². The fraction of sp³-hybridized carbons (Fsp3) is 0.462. The molecule has 2 aromatic heterocycles. The van der Waals surface area contributed by atoms with E-state index in [0.717, 1.165) is 55.6 Å². The first-order valence-electron chi connectivity index (χ1n) is 11.7. The number of hydrogen-bond donors (Lipinski definition) is 1. The number of aryl methyl sites for hydroxylation is 1. The topological polar surface area (TPSA) is 62.7 Å². The number of carboxylic acid groups (broad SMARTS) is 1. The summed E-state index contributed by atoms with van der Waals surface area (Å²) in [6.45, 7) is 2.79. The fourth-order valence-electron chi connectivity index (χ4n) is 4.94. The van der Waals surface area contributed by atoms with E-state index >= 15 is 0 Å². The first-order chi connectivity index (χ1) is 16.5. The Hall–Kier alpha value is -2.16. The standard InChI is InChI=1S/C26H31FN2O3S2/c1-32-20-7-8-24-22(15-20)21(23(27)16-28-24)5-2-4-18-9-10-29(17-19(18)14-25(30)31)11-13-34-26-6-3-12-33-26/h3,6-8,12,15-16,18-19H,2,4-5,9-11,13-14,17H2,1H3,(H,30,31)/t18-,19-/m1/s1. The van der Waals surface area contributed by atoms with Crippen LogP contribution in [0.4, 0.5) is 4.39 Å². The molecule has 0 amide bonds. The first kappa shape index (κ1) is 24.9. The zero-order valence-corrected chi connectivity index (χ0v) is 21.0. The Kier molecular flexibility index (Phi) is 8.80. The Morgan fingerprint density at radius 2 is 2.24 bits per heavy atom. The lowest BCUT2D eigenvalue weighted by atomic mass is 9.80. The van der Waals surface area contributed by atoms with E-state index in [9.17, 15) is 14.3 Å². The summed E-state index contributed by atoms with van der Waals surface area (Å²) < 4.78 is 21.3. The first-order valence-corrected chi connectivity index (χ1v) is 13.6. The predicted octanol–water partition coefficient (Wildman–Crippen LogP) is 5.97. The number of ether oxygens (including phenoxy) is 1. The molecule has 0 spiro atoms. The van der Waals surface area contributed by atoms with E-state index in [4.69, 9.17) is 4.74 Å². The number of likely N-dealkylation sites (tertiary alicyclic amines) is 1. The van der Waals surface area contributed by atoms with Crippen molar-refractivity contribution < 1.29 is 19.0 Å². The number of carboxylic acids is 1. The molecule has 182 valence electrons. The van der Waals surface area contributed by atoms with E-state index in [1.807, 2.05) is 30.0 Å². The lowest BCUT2D eigenvalue weighted by Gasteiger charge is -2.38. The average molecular weight is 503 g/mol. The van der Waals surface area contributed by atoms with Gasteiger partial charge in [-0.1, -0.05) is 6.07 Å². The SMILES string of the molecule is COc1ccc2ncc(F)c(CCC[C@@H]3CCN(CCSc4cccs4)C[C@H]3CC(=O)O)c2c1. The van der Waals surface area contributed by atoms with Crippen molar-refractivity contribution in [2.24, 2.45) is 11.8 Å². The summed E-state index contributed by atoms with van der Waals surface area (Å²) >= 11 is 3.62. The molecule has 3 heterocycles. The van der Waals surface area contributed by atoms with Gasteiger partial charge in [0.1, 0.15) is 11.6 Å². The van der Waals surface area contributed by atoms with Crippen LogP contribution in [0.15, 0.2) is 46.1 Å². The Morgan fingerprint density at radius 1 is 1.35 bits per heavy atom. The Labute approximate surface area is 208 Å². The molecule has 1 fully saturated rings. The van der Waals surface area contributed by atoms with Gasteiger partial charge in [-0.25, -0.2) is 4.39 Å². The van der Waals surface area contributed by atoms with Crippen molar-refractivity contribution in [3.63, 3.8) is 0 Å². The molecule has 1 aliphatic heterocycles. The maximum Gasteiger partial charge on any atom is 0.303 e. The number of benzene rings is 1. The van der Waals surface area contributed by atoms with Crippen LogP contribution in [0.5, 0.6) is 5.75 Å². The number of piperidine rings is 1. The van der Waals surface area contributed by atoms with Crippen LogP contribution >= 0.6 is 23.1 Å². The molecule has 0 aliphatic carbocycles. The lowest BCUT2D eigenvalue weighted by molar-refractivity contribution is -0.139. The van der Waals surface area contributed by atoms with Crippen LogP contribution in [-0.4, -0.2) is 53.5 Å². The molecule has 0 bridgehead atoms. The van der Waals surface area contributed by atoms with E-state index in [1.165, 1.54) is 10.4 Å². The van der Waals surface area contributed by atoms with E-state index < -0.39 is 5.97 Å². The van der Waals surface area contributed by atoms with Crippen molar-refractivity contribution in [1.82, 2.24) is 9.88 Å². The average Bonchev–Trinajstić information content (AvgIpc) is 3.34. The van der Waals surface area contributed by atoms with E-state index in [0.29, 0.717) is 23.7 Å². The van der Waals surface area contributed by atoms with Crippen LogP contribution < -0.4 is 4.74 Å². The molecular formula is C26H31FN2O3S2. The van der Waals surface area contributed by atoms with Crippen LogP contribution in [0.3, 0.4) is 0 Å². The normalized spacial score (nSPS) is 18.9. The van der Waals surface area contributed by atoms with Crippen molar-refractivity contribution in [2.45, 2.75) is 36.3 Å². The summed E-state index contributed by atoms with van der Waals surface area (Å²) in [7, 11) is 1.60. The minimum Gasteiger partial charge on any atom is -0.497 e. The molecule has 0 saturated carbocycles. The Bertz CT molecular complexity index is 1090. The van der Waals surface area contributed by atoms with Crippen LogP contribution in [-0.2, 0) is 11.2 Å². The highest BCUT2D eigenvalue weighted by Crippen LogP contribution is 2.33. The highest BCUT2D eigenvalue weighted by atomic mass is 32.2. The number of aromatic nitrogens is 1. The van der Waals surface area contributed by atoms with Gasteiger partial charge >= 0.3 is 5.97 Å². The molecule has 34 heavy (non-hydrogen) atoms. The summed E-state index contributed by atoms with van der Waals surface area (Å²) in [4.78, 5) is 18.2. The fourth-order valence-corrected chi connectivity index (χ4v) is 6.80. The molecule has 0 unspecified atom stereocenters. The Balaban J connectivity index is 1.34. The highest BCUT2D eigenvalue weighted by molar-refractivity contribution is 8.01. The van der Waals surface area contributed by atoms with Gasteiger partial charge in [-0.3, -0.25) is 9.78 Å². The third kappa shape index (κ3) is 6.49. The van der Waals surface area contributed by atoms with Crippen LogP contribution in [0.25, 0.3) is 10.9 Å². The zero-order chi connectivity index (χ0) is 23.9. The van der Waals surface area contributed by atoms with Gasteiger partial charge in [0, 0.05) is 30.6 Å². The molecular weight excluding hydrogens is 471 g/mol. The van der Waals surface area contributed by atoms with Gasteiger partial charge in [-0.15, -0.1) is 23.1 Å². The van der Waals surface area contributed by atoms with Crippen LogP contribution in [0, 0.1) is 17.7 Å². The van der Waals surface area contributed by atoms with E-state index in [2.05, 4.69) is 27.4 Å². The van der Waals surface area contributed by atoms with Crippen molar-refractivity contribution in [3.8, 4) is 5.75 Å². The molecule has 5 nitrogen and oxygen atoms in total. The number of halogens is 1.